The van der Waals surface area contributed by atoms with Crippen molar-refractivity contribution in [1.82, 2.24) is 10.2 Å². The van der Waals surface area contributed by atoms with E-state index in [9.17, 15) is 15.0 Å². The average Bonchev–Trinajstić information content (AvgIpc) is 2.65. The van der Waals surface area contributed by atoms with Crippen molar-refractivity contribution in [3.8, 4) is 0 Å². The minimum atomic E-state index is -1.19. The zero-order valence-corrected chi connectivity index (χ0v) is 13.5. The molecule has 6 atom stereocenters. The van der Waals surface area contributed by atoms with Gasteiger partial charge in [0, 0.05) is 18.9 Å². The fraction of sp³-hybridized carbons (Fsp3) is 0.917. The van der Waals surface area contributed by atoms with Gasteiger partial charge < -0.3 is 29.7 Å². The highest BCUT2D eigenvalue weighted by Crippen LogP contribution is 2.25. The molecule has 22 heavy (non-hydrogen) atoms. The molecule has 8 nitrogen and oxygen atoms in total. The van der Waals surface area contributed by atoms with Crippen LogP contribution in [0, 0.1) is 0 Å². The van der Waals surface area contributed by atoms with Crippen LogP contribution in [-0.4, -0.2) is 78.4 Å². The molecule has 1 amide bonds. The number of carbonyl (C=O) groups excluding carboxylic acids is 1. The van der Waals surface area contributed by atoms with Crippen molar-refractivity contribution in [3.05, 3.63) is 0 Å². The van der Waals surface area contributed by atoms with Crippen LogP contribution in [-0.2, 0) is 19.0 Å². The highest BCUT2D eigenvalue weighted by atomic mass is 35.5. The maximum absolute atomic E-state index is 11.9. The van der Waals surface area contributed by atoms with E-state index in [2.05, 4.69) is 22.8 Å². The first-order valence-electron chi connectivity index (χ1n) is 7.08. The standard InChI is InChI=1S/C12H21ClN2O6S/c13-15-6(5-22)11(18)14-4-7-10-8(16)9(17)12(21-7)20-3-1-2-19-10/h6-10,12,15-17,22H,1-5H2,(H,14,18)/t6-,7?,8?,9?,10?,12?/m0/s1. The number of carbonyl (C=O) groups is 1. The molecule has 3 aliphatic heterocycles. The Hall–Kier alpha value is -0.130. The van der Waals surface area contributed by atoms with Gasteiger partial charge in [-0.15, -0.1) is 0 Å². The van der Waals surface area contributed by atoms with E-state index in [4.69, 9.17) is 26.0 Å². The molecule has 0 aromatic heterocycles. The molecule has 128 valence electrons. The van der Waals surface area contributed by atoms with Crippen molar-refractivity contribution < 1.29 is 29.2 Å². The van der Waals surface area contributed by atoms with Crippen molar-refractivity contribution in [2.75, 3.05) is 25.5 Å². The number of thiol groups is 1. The fourth-order valence-electron chi connectivity index (χ4n) is 2.38. The van der Waals surface area contributed by atoms with E-state index in [0.29, 0.717) is 19.6 Å². The molecule has 3 saturated heterocycles. The summed E-state index contributed by atoms with van der Waals surface area (Å²) in [6.07, 6.45) is -4.03. The number of nitrogens with one attached hydrogen (secondary N) is 2. The zero-order chi connectivity index (χ0) is 16.1. The van der Waals surface area contributed by atoms with Crippen molar-refractivity contribution >= 4 is 30.3 Å². The molecule has 0 aromatic rings. The third-order valence-corrected chi connectivity index (χ3v) is 4.26. The lowest BCUT2D eigenvalue weighted by Crippen LogP contribution is -2.61. The highest BCUT2D eigenvalue weighted by molar-refractivity contribution is 7.80. The minimum Gasteiger partial charge on any atom is -0.387 e. The van der Waals surface area contributed by atoms with Gasteiger partial charge in [-0.1, -0.05) is 0 Å². The molecule has 2 bridgehead atoms. The number of aliphatic hydroxyl groups is 2. The molecule has 0 saturated carbocycles. The predicted octanol–water partition coefficient (Wildman–Crippen LogP) is -1.60. The number of aliphatic hydroxyl groups excluding tert-OH is 2. The largest absolute Gasteiger partial charge is 0.387 e. The van der Waals surface area contributed by atoms with E-state index >= 15 is 0 Å². The van der Waals surface area contributed by atoms with Crippen LogP contribution in [0.25, 0.3) is 0 Å². The van der Waals surface area contributed by atoms with Gasteiger partial charge in [0.25, 0.3) is 0 Å². The number of hydrogen-bond donors (Lipinski definition) is 5. The molecule has 0 aromatic carbocycles. The van der Waals surface area contributed by atoms with E-state index in [1.54, 1.807) is 0 Å². The summed E-state index contributed by atoms with van der Waals surface area (Å²) in [5.74, 6) is -0.117. The fourth-order valence-corrected chi connectivity index (χ4v) is 2.92. The summed E-state index contributed by atoms with van der Waals surface area (Å²) in [6.45, 7) is 0.825. The summed E-state index contributed by atoms with van der Waals surface area (Å²) < 4.78 is 16.6. The van der Waals surface area contributed by atoms with Crippen LogP contribution in [0.1, 0.15) is 6.42 Å². The van der Waals surface area contributed by atoms with Crippen molar-refractivity contribution in [1.29, 1.82) is 0 Å². The van der Waals surface area contributed by atoms with Crippen molar-refractivity contribution in [2.45, 2.75) is 43.2 Å². The Labute approximate surface area is 139 Å². The average molecular weight is 357 g/mol. The first-order valence-corrected chi connectivity index (χ1v) is 8.09. The Kier molecular flexibility index (Phi) is 7.16. The van der Waals surface area contributed by atoms with Crippen LogP contribution in [0.5, 0.6) is 0 Å². The lowest BCUT2D eigenvalue weighted by molar-refractivity contribution is -0.292. The number of halogens is 1. The molecule has 0 aliphatic carbocycles. The number of hydrogen-bond acceptors (Lipinski definition) is 8. The molecule has 3 fully saturated rings. The summed E-state index contributed by atoms with van der Waals surface area (Å²) in [5, 5.41) is 22.7. The van der Waals surface area contributed by atoms with Gasteiger partial charge in [-0.2, -0.15) is 12.6 Å². The molecule has 10 heteroatoms. The molecule has 3 heterocycles. The van der Waals surface area contributed by atoms with Gasteiger partial charge in [-0.05, 0) is 18.2 Å². The van der Waals surface area contributed by atoms with Crippen LogP contribution in [0.4, 0.5) is 0 Å². The van der Waals surface area contributed by atoms with Crippen LogP contribution < -0.4 is 10.2 Å². The van der Waals surface area contributed by atoms with Gasteiger partial charge in [0.2, 0.25) is 5.91 Å². The van der Waals surface area contributed by atoms with E-state index < -0.39 is 36.7 Å². The Morgan fingerprint density at radius 2 is 2.05 bits per heavy atom. The number of amides is 1. The second-order valence-corrected chi connectivity index (χ2v) is 5.76. The van der Waals surface area contributed by atoms with Crippen LogP contribution in [0.2, 0.25) is 0 Å². The van der Waals surface area contributed by atoms with Crippen molar-refractivity contribution in [3.63, 3.8) is 0 Å². The topological polar surface area (TPSA) is 109 Å². The van der Waals surface area contributed by atoms with Gasteiger partial charge in [0.05, 0.1) is 6.61 Å². The summed E-state index contributed by atoms with van der Waals surface area (Å²) in [7, 11) is 0. The lowest BCUT2D eigenvalue weighted by Gasteiger charge is -2.41. The van der Waals surface area contributed by atoms with Crippen LogP contribution in [0.3, 0.4) is 0 Å². The van der Waals surface area contributed by atoms with Gasteiger partial charge in [-0.3, -0.25) is 4.79 Å². The second-order valence-electron chi connectivity index (χ2n) is 5.17. The normalized spacial score (nSPS) is 37.0. The van der Waals surface area contributed by atoms with Crippen LogP contribution >= 0.6 is 24.4 Å². The van der Waals surface area contributed by atoms with Gasteiger partial charge in [0.1, 0.15) is 30.5 Å². The van der Waals surface area contributed by atoms with E-state index in [1.165, 1.54) is 0 Å². The predicted molar refractivity (Wildman–Crippen MR) is 80.6 cm³/mol. The maximum atomic E-state index is 11.9. The van der Waals surface area contributed by atoms with Gasteiger partial charge >= 0.3 is 0 Å². The Bertz CT molecular complexity index is 374. The van der Waals surface area contributed by atoms with E-state index in [1.807, 2.05) is 0 Å². The summed E-state index contributed by atoms with van der Waals surface area (Å²) in [5.41, 5.74) is 0. The molecule has 5 unspecified atom stereocenters. The van der Waals surface area contributed by atoms with Crippen molar-refractivity contribution in [2.24, 2.45) is 0 Å². The molecule has 4 N–H and O–H groups in total. The minimum absolute atomic E-state index is 0.0932. The maximum Gasteiger partial charge on any atom is 0.239 e. The van der Waals surface area contributed by atoms with Gasteiger partial charge in [-0.25, -0.2) is 4.84 Å². The summed E-state index contributed by atoms with van der Waals surface area (Å²) >= 11 is 9.46. The second kappa shape index (κ2) is 8.65. The number of fused-ring (bicyclic) bond motifs is 6. The highest BCUT2D eigenvalue weighted by Gasteiger charge is 2.46. The first-order chi connectivity index (χ1) is 10.6. The molecule has 3 aliphatic rings. The third-order valence-electron chi connectivity index (χ3n) is 3.63. The Morgan fingerprint density at radius 1 is 1.32 bits per heavy atom. The molecular weight excluding hydrogens is 336 g/mol. The third kappa shape index (κ3) is 4.24. The SMILES string of the molecule is O=C(NCC1OC2OCCCOC1C(O)C2O)[C@H](CS)NCl. The first kappa shape index (κ1) is 18.2. The van der Waals surface area contributed by atoms with Gasteiger partial charge in [0.15, 0.2) is 6.29 Å². The quantitative estimate of drug-likeness (QED) is 0.298. The zero-order valence-electron chi connectivity index (χ0n) is 11.9. The Morgan fingerprint density at radius 3 is 2.73 bits per heavy atom. The lowest BCUT2D eigenvalue weighted by atomic mass is 9.98. The number of ether oxygens (including phenoxy) is 3. The van der Waals surface area contributed by atoms with E-state index in [-0.39, 0.29) is 18.2 Å². The van der Waals surface area contributed by atoms with Crippen LogP contribution in [0.15, 0.2) is 0 Å². The summed E-state index contributed by atoms with van der Waals surface area (Å²) in [6, 6.07) is -0.647. The summed E-state index contributed by atoms with van der Waals surface area (Å²) in [4.78, 5) is 14.2. The molecule has 0 radical (unpaired) electrons. The van der Waals surface area contributed by atoms with E-state index in [0.717, 1.165) is 0 Å². The molecule has 0 spiro atoms. The number of rotatable bonds is 5. The molecular formula is C12H21ClN2O6S. The molecule has 3 rings (SSSR count). The Balaban J connectivity index is 1.98. The monoisotopic (exact) mass is 356 g/mol. The smallest absolute Gasteiger partial charge is 0.239 e.